The van der Waals surface area contributed by atoms with Crippen LogP contribution in [-0.2, 0) is 4.79 Å². The lowest BCUT2D eigenvalue weighted by atomic mass is 10.1. The maximum absolute atomic E-state index is 13.2. The van der Waals surface area contributed by atoms with E-state index in [-0.39, 0.29) is 17.6 Å². The third-order valence-electron chi connectivity index (χ3n) is 5.05. The standard InChI is InChI=1S/C28H24N2O2S/c1-21-15-17-22(18-16-21)28(32)29-23-9-8-14-26(19-23)33-20-27(31)30(24-10-4-2-5-11-24)25-12-6-3-7-13-25/h2-19H,20H2,1H3,(H,29,32). The molecule has 5 heteroatoms. The van der Waals surface area contributed by atoms with Crippen LogP contribution in [0.25, 0.3) is 0 Å². The third-order valence-corrected chi connectivity index (χ3v) is 6.02. The molecule has 0 fully saturated rings. The highest BCUT2D eigenvalue weighted by molar-refractivity contribution is 8.00. The maximum atomic E-state index is 13.2. The molecule has 4 rings (SSSR count). The number of carbonyl (C=O) groups excluding carboxylic acids is 2. The quantitative estimate of drug-likeness (QED) is 0.317. The molecule has 0 bridgehead atoms. The number of amides is 2. The average molecular weight is 453 g/mol. The summed E-state index contributed by atoms with van der Waals surface area (Å²) >= 11 is 1.44. The van der Waals surface area contributed by atoms with Gasteiger partial charge in [-0.2, -0.15) is 0 Å². The van der Waals surface area contributed by atoms with E-state index in [1.165, 1.54) is 11.8 Å². The van der Waals surface area contributed by atoms with Crippen LogP contribution in [0.4, 0.5) is 17.1 Å². The fourth-order valence-corrected chi connectivity index (χ4v) is 4.18. The van der Waals surface area contributed by atoms with Crippen LogP contribution in [0, 0.1) is 6.92 Å². The van der Waals surface area contributed by atoms with Crippen LogP contribution in [0.1, 0.15) is 15.9 Å². The minimum absolute atomic E-state index is 0.0218. The van der Waals surface area contributed by atoms with Crippen molar-refractivity contribution >= 4 is 40.6 Å². The number of benzene rings is 4. The number of thioether (sulfide) groups is 1. The molecular formula is C28H24N2O2S. The zero-order valence-corrected chi connectivity index (χ0v) is 19.1. The Hall–Kier alpha value is -3.83. The van der Waals surface area contributed by atoms with Crippen LogP contribution in [0.5, 0.6) is 0 Å². The third kappa shape index (κ3) is 5.90. The van der Waals surface area contributed by atoms with Crippen molar-refractivity contribution in [3.05, 3.63) is 120 Å². The first-order valence-electron chi connectivity index (χ1n) is 10.6. The van der Waals surface area contributed by atoms with Crippen molar-refractivity contribution in [2.75, 3.05) is 16.0 Å². The summed E-state index contributed by atoms with van der Waals surface area (Å²) in [6.45, 7) is 1.99. The number of rotatable bonds is 7. The predicted octanol–water partition coefficient (Wildman–Crippen LogP) is 6.70. The molecule has 0 unspecified atom stereocenters. The number of para-hydroxylation sites is 2. The van der Waals surface area contributed by atoms with Crippen LogP contribution in [0.3, 0.4) is 0 Å². The van der Waals surface area contributed by atoms with Gasteiger partial charge < -0.3 is 5.32 Å². The normalized spacial score (nSPS) is 10.5. The van der Waals surface area contributed by atoms with Crippen molar-refractivity contribution in [1.29, 1.82) is 0 Å². The number of nitrogens with one attached hydrogen (secondary N) is 1. The van der Waals surface area contributed by atoms with Gasteiger partial charge in [0.2, 0.25) is 5.91 Å². The van der Waals surface area contributed by atoms with Gasteiger partial charge in [-0.3, -0.25) is 14.5 Å². The number of aryl methyl sites for hydroxylation is 1. The Morgan fingerprint density at radius 2 is 1.36 bits per heavy atom. The molecule has 0 aliphatic rings. The van der Waals surface area contributed by atoms with E-state index in [9.17, 15) is 9.59 Å². The molecule has 164 valence electrons. The lowest BCUT2D eigenvalue weighted by molar-refractivity contribution is -0.115. The first kappa shape index (κ1) is 22.4. The molecule has 0 aromatic heterocycles. The van der Waals surface area contributed by atoms with E-state index in [1.54, 1.807) is 4.90 Å². The summed E-state index contributed by atoms with van der Waals surface area (Å²) in [7, 11) is 0. The van der Waals surface area contributed by atoms with Crippen LogP contribution >= 0.6 is 11.8 Å². The molecular weight excluding hydrogens is 428 g/mol. The van der Waals surface area contributed by atoms with Crippen molar-refractivity contribution in [2.24, 2.45) is 0 Å². The fourth-order valence-electron chi connectivity index (χ4n) is 3.37. The summed E-state index contributed by atoms with van der Waals surface area (Å²) in [6, 6.07) is 34.3. The van der Waals surface area contributed by atoms with E-state index in [0.29, 0.717) is 11.3 Å². The van der Waals surface area contributed by atoms with Crippen LogP contribution in [0.2, 0.25) is 0 Å². The zero-order valence-electron chi connectivity index (χ0n) is 18.3. The van der Waals surface area contributed by atoms with Gasteiger partial charge in [0.05, 0.1) is 5.75 Å². The van der Waals surface area contributed by atoms with E-state index in [1.807, 2.05) is 116 Å². The van der Waals surface area contributed by atoms with Crippen molar-refractivity contribution in [3.8, 4) is 0 Å². The van der Waals surface area contributed by atoms with E-state index in [0.717, 1.165) is 21.8 Å². The lowest BCUT2D eigenvalue weighted by Gasteiger charge is -2.23. The summed E-state index contributed by atoms with van der Waals surface area (Å²) < 4.78 is 0. The monoisotopic (exact) mass is 452 g/mol. The highest BCUT2D eigenvalue weighted by atomic mass is 32.2. The largest absolute Gasteiger partial charge is 0.322 e. The Morgan fingerprint density at radius 1 is 0.758 bits per heavy atom. The number of hydrogen-bond donors (Lipinski definition) is 1. The lowest BCUT2D eigenvalue weighted by Crippen LogP contribution is -2.27. The van der Waals surface area contributed by atoms with Gasteiger partial charge in [-0.15, -0.1) is 11.8 Å². The Bertz CT molecular complexity index is 1190. The van der Waals surface area contributed by atoms with E-state index in [2.05, 4.69) is 5.32 Å². The SMILES string of the molecule is Cc1ccc(C(=O)Nc2cccc(SCC(=O)N(c3ccccc3)c3ccccc3)c2)cc1. The second-order valence-electron chi connectivity index (χ2n) is 7.54. The van der Waals surface area contributed by atoms with E-state index >= 15 is 0 Å². The maximum Gasteiger partial charge on any atom is 0.255 e. The van der Waals surface area contributed by atoms with Gasteiger partial charge in [0.15, 0.2) is 0 Å². The van der Waals surface area contributed by atoms with Gasteiger partial charge in [-0.25, -0.2) is 0 Å². The summed E-state index contributed by atoms with van der Waals surface area (Å²) in [6.07, 6.45) is 0. The number of hydrogen-bond acceptors (Lipinski definition) is 3. The van der Waals surface area contributed by atoms with Gasteiger partial charge in [0.1, 0.15) is 0 Å². The van der Waals surface area contributed by atoms with Gasteiger partial charge >= 0.3 is 0 Å². The highest BCUT2D eigenvalue weighted by Gasteiger charge is 2.18. The summed E-state index contributed by atoms with van der Waals surface area (Å²) in [5.41, 5.74) is 4.06. The summed E-state index contributed by atoms with van der Waals surface area (Å²) in [4.78, 5) is 28.4. The van der Waals surface area contributed by atoms with Crippen LogP contribution in [0.15, 0.2) is 114 Å². The molecule has 4 aromatic rings. The average Bonchev–Trinajstić information content (AvgIpc) is 2.85. The minimum atomic E-state index is -0.160. The first-order chi connectivity index (χ1) is 16.1. The van der Waals surface area contributed by atoms with Gasteiger partial charge in [-0.1, -0.05) is 60.2 Å². The predicted molar refractivity (Wildman–Crippen MR) is 136 cm³/mol. The van der Waals surface area contributed by atoms with Crippen molar-refractivity contribution in [3.63, 3.8) is 0 Å². The number of anilines is 3. The van der Waals surface area contributed by atoms with E-state index in [4.69, 9.17) is 0 Å². The van der Waals surface area contributed by atoms with Gasteiger partial charge in [-0.05, 0) is 61.5 Å². The minimum Gasteiger partial charge on any atom is -0.322 e. The fraction of sp³-hybridized carbons (Fsp3) is 0.0714. The van der Waals surface area contributed by atoms with Crippen LogP contribution in [-0.4, -0.2) is 17.6 Å². The molecule has 0 aliphatic heterocycles. The molecule has 33 heavy (non-hydrogen) atoms. The van der Waals surface area contributed by atoms with Gasteiger partial charge in [0.25, 0.3) is 5.91 Å². The van der Waals surface area contributed by atoms with E-state index < -0.39 is 0 Å². The molecule has 0 saturated carbocycles. The van der Waals surface area contributed by atoms with Crippen LogP contribution < -0.4 is 10.2 Å². The van der Waals surface area contributed by atoms with Crippen molar-refractivity contribution < 1.29 is 9.59 Å². The molecule has 0 atom stereocenters. The summed E-state index contributed by atoms with van der Waals surface area (Å²) in [5.74, 6) is 0.0816. The Morgan fingerprint density at radius 3 is 1.97 bits per heavy atom. The number of carbonyl (C=O) groups is 2. The molecule has 4 aromatic carbocycles. The molecule has 4 nitrogen and oxygen atoms in total. The zero-order chi connectivity index (χ0) is 23.0. The molecule has 1 N–H and O–H groups in total. The second-order valence-corrected chi connectivity index (χ2v) is 8.59. The Balaban J connectivity index is 1.45. The van der Waals surface area contributed by atoms with Gasteiger partial charge in [0, 0.05) is 27.5 Å². The molecule has 0 spiro atoms. The molecule has 2 amide bonds. The second kappa shape index (κ2) is 10.7. The molecule has 0 saturated heterocycles. The summed E-state index contributed by atoms with van der Waals surface area (Å²) in [5, 5.41) is 2.93. The molecule has 0 aliphatic carbocycles. The molecule has 0 radical (unpaired) electrons. The first-order valence-corrected chi connectivity index (χ1v) is 11.6. The highest BCUT2D eigenvalue weighted by Crippen LogP contribution is 2.28. The Kier molecular flexibility index (Phi) is 7.22. The number of nitrogens with zero attached hydrogens (tertiary/aromatic N) is 1. The topological polar surface area (TPSA) is 49.4 Å². The smallest absolute Gasteiger partial charge is 0.255 e. The molecule has 0 heterocycles. The van der Waals surface area contributed by atoms with Crippen molar-refractivity contribution in [2.45, 2.75) is 11.8 Å². The van der Waals surface area contributed by atoms with Crippen molar-refractivity contribution in [1.82, 2.24) is 0 Å². The Labute approximate surface area is 198 Å².